The minimum absolute atomic E-state index is 0.0736. The first-order valence-corrected chi connectivity index (χ1v) is 9.66. The Morgan fingerprint density at radius 3 is 2.31 bits per heavy atom. The van der Waals surface area contributed by atoms with Gasteiger partial charge in [-0.2, -0.15) is 0 Å². The number of nitrogens with one attached hydrogen (secondary N) is 3. The molecule has 0 unspecified atom stereocenters. The van der Waals surface area contributed by atoms with Crippen LogP contribution in [0.25, 0.3) is 0 Å². The molecule has 3 rings (SSSR count). The molecular formula is C21H26N4O4. The molecule has 1 aromatic heterocycles. The molecule has 8 nitrogen and oxygen atoms in total. The Kier molecular flexibility index (Phi) is 6.66. The van der Waals surface area contributed by atoms with Crippen molar-refractivity contribution in [3.8, 4) is 0 Å². The molecule has 3 N–H and O–H groups in total. The van der Waals surface area contributed by atoms with Gasteiger partial charge >= 0.3 is 0 Å². The summed E-state index contributed by atoms with van der Waals surface area (Å²) in [5, 5.41) is 8.39. The third-order valence-electron chi connectivity index (χ3n) is 4.91. The summed E-state index contributed by atoms with van der Waals surface area (Å²) in [7, 11) is 1.57. The van der Waals surface area contributed by atoms with Crippen LogP contribution in [-0.4, -0.2) is 55.3 Å². The lowest BCUT2D eigenvalue weighted by atomic mass is 10.0. The van der Waals surface area contributed by atoms with Crippen molar-refractivity contribution in [1.82, 2.24) is 15.5 Å². The molecule has 0 bridgehead atoms. The normalized spacial score (nSPS) is 15.0. The number of furan rings is 1. The van der Waals surface area contributed by atoms with Crippen LogP contribution < -0.4 is 16.0 Å². The second-order valence-electron chi connectivity index (χ2n) is 7.14. The van der Waals surface area contributed by atoms with Gasteiger partial charge in [-0.25, -0.2) is 0 Å². The molecule has 1 saturated heterocycles. The highest BCUT2D eigenvalue weighted by atomic mass is 16.3. The van der Waals surface area contributed by atoms with E-state index in [-0.39, 0.29) is 30.3 Å². The van der Waals surface area contributed by atoms with Gasteiger partial charge in [0.2, 0.25) is 5.91 Å². The van der Waals surface area contributed by atoms with Crippen LogP contribution in [0.2, 0.25) is 0 Å². The van der Waals surface area contributed by atoms with Crippen LogP contribution in [0.1, 0.15) is 39.5 Å². The molecular weight excluding hydrogens is 372 g/mol. The van der Waals surface area contributed by atoms with E-state index >= 15 is 0 Å². The lowest BCUT2D eigenvalue weighted by Crippen LogP contribution is -2.46. The van der Waals surface area contributed by atoms with Crippen molar-refractivity contribution in [2.45, 2.75) is 25.8 Å². The van der Waals surface area contributed by atoms with Crippen molar-refractivity contribution in [2.75, 3.05) is 32.0 Å². The lowest BCUT2D eigenvalue weighted by Gasteiger charge is -2.31. The molecule has 1 aliphatic rings. The van der Waals surface area contributed by atoms with E-state index in [9.17, 15) is 14.4 Å². The molecule has 154 valence electrons. The van der Waals surface area contributed by atoms with Gasteiger partial charge in [-0.05, 0) is 56.2 Å². The van der Waals surface area contributed by atoms with Crippen LogP contribution in [-0.2, 0) is 4.79 Å². The summed E-state index contributed by atoms with van der Waals surface area (Å²) in [5.41, 5.74) is 1.19. The largest absolute Gasteiger partial charge is 0.456 e. The number of amides is 3. The zero-order chi connectivity index (χ0) is 20.8. The van der Waals surface area contributed by atoms with Gasteiger partial charge in [0.1, 0.15) is 5.76 Å². The zero-order valence-corrected chi connectivity index (χ0v) is 16.7. The van der Waals surface area contributed by atoms with Crippen molar-refractivity contribution in [1.29, 1.82) is 0 Å². The molecule has 1 aromatic carbocycles. The molecule has 0 spiro atoms. The van der Waals surface area contributed by atoms with E-state index in [1.54, 1.807) is 50.4 Å². The molecule has 2 aromatic rings. The second kappa shape index (κ2) is 9.38. The van der Waals surface area contributed by atoms with Crippen molar-refractivity contribution >= 4 is 23.4 Å². The number of carbonyl (C=O) groups is 3. The summed E-state index contributed by atoms with van der Waals surface area (Å²) in [6.07, 6.45) is 1.55. The van der Waals surface area contributed by atoms with Crippen molar-refractivity contribution in [3.63, 3.8) is 0 Å². The molecule has 29 heavy (non-hydrogen) atoms. The highest BCUT2D eigenvalue weighted by Crippen LogP contribution is 2.14. The maximum absolute atomic E-state index is 12.3. The van der Waals surface area contributed by atoms with Gasteiger partial charge in [-0.15, -0.1) is 0 Å². The van der Waals surface area contributed by atoms with Gasteiger partial charge in [0.25, 0.3) is 11.8 Å². The summed E-state index contributed by atoms with van der Waals surface area (Å²) >= 11 is 0. The number of anilines is 1. The molecule has 2 heterocycles. The van der Waals surface area contributed by atoms with E-state index in [2.05, 4.69) is 20.9 Å². The summed E-state index contributed by atoms with van der Waals surface area (Å²) < 4.78 is 5.35. The lowest BCUT2D eigenvalue weighted by molar-refractivity contribution is -0.117. The number of aryl methyl sites for hydroxylation is 1. The maximum Gasteiger partial charge on any atom is 0.287 e. The third kappa shape index (κ3) is 5.68. The van der Waals surface area contributed by atoms with Crippen molar-refractivity contribution in [3.05, 3.63) is 53.5 Å². The number of carbonyl (C=O) groups excluding carboxylic acids is 3. The summed E-state index contributed by atoms with van der Waals surface area (Å²) in [5.74, 6) is 0.562. The zero-order valence-electron chi connectivity index (χ0n) is 16.7. The van der Waals surface area contributed by atoms with E-state index in [1.807, 2.05) is 0 Å². The first-order chi connectivity index (χ1) is 13.9. The van der Waals surface area contributed by atoms with Crippen molar-refractivity contribution < 1.29 is 18.8 Å². The second-order valence-corrected chi connectivity index (χ2v) is 7.14. The molecule has 8 heteroatoms. The highest BCUT2D eigenvalue weighted by Gasteiger charge is 2.23. The fraction of sp³-hybridized carbons (Fsp3) is 0.381. The predicted molar refractivity (Wildman–Crippen MR) is 109 cm³/mol. The maximum atomic E-state index is 12.3. The minimum Gasteiger partial charge on any atom is -0.456 e. The van der Waals surface area contributed by atoms with Crippen LogP contribution in [0.5, 0.6) is 0 Å². The Balaban J connectivity index is 1.41. The predicted octanol–water partition coefficient (Wildman–Crippen LogP) is 1.78. The van der Waals surface area contributed by atoms with Gasteiger partial charge in [-0.3, -0.25) is 19.3 Å². The van der Waals surface area contributed by atoms with E-state index in [4.69, 9.17) is 4.42 Å². The average molecular weight is 398 g/mol. The molecule has 0 aliphatic carbocycles. The number of rotatable bonds is 6. The van der Waals surface area contributed by atoms with Crippen LogP contribution in [0.3, 0.4) is 0 Å². The number of hydrogen-bond donors (Lipinski definition) is 3. The van der Waals surface area contributed by atoms with Crippen LogP contribution in [0.4, 0.5) is 5.69 Å². The van der Waals surface area contributed by atoms with E-state index in [1.165, 1.54) is 0 Å². The highest BCUT2D eigenvalue weighted by molar-refractivity contribution is 5.96. The van der Waals surface area contributed by atoms with Gasteiger partial charge < -0.3 is 20.4 Å². The minimum atomic E-state index is -0.200. The van der Waals surface area contributed by atoms with Gasteiger partial charge in [0.15, 0.2) is 5.76 Å². The quantitative estimate of drug-likeness (QED) is 0.688. The van der Waals surface area contributed by atoms with Crippen LogP contribution in [0.15, 0.2) is 40.8 Å². The molecule has 0 saturated carbocycles. The molecule has 3 amide bonds. The number of nitrogens with zero attached hydrogens (tertiary/aromatic N) is 1. The number of benzene rings is 1. The molecule has 0 atom stereocenters. The Morgan fingerprint density at radius 2 is 1.72 bits per heavy atom. The van der Waals surface area contributed by atoms with Crippen molar-refractivity contribution in [2.24, 2.45) is 0 Å². The third-order valence-corrected chi connectivity index (χ3v) is 4.91. The fourth-order valence-electron chi connectivity index (χ4n) is 3.30. The summed E-state index contributed by atoms with van der Waals surface area (Å²) in [6.45, 7) is 3.54. The van der Waals surface area contributed by atoms with E-state index in [0.717, 1.165) is 25.9 Å². The summed E-state index contributed by atoms with van der Waals surface area (Å²) in [6, 6.07) is 10.3. The van der Waals surface area contributed by atoms with Crippen LogP contribution in [0, 0.1) is 6.92 Å². The molecule has 0 radical (unpaired) electrons. The first-order valence-electron chi connectivity index (χ1n) is 9.66. The van der Waals surface area contributed by atoms with E-state index < -0.39 is 0 Å². The first kappa shape index (κ1) is 20.6. The number of hydrogen-bond acceptors (Lipinski definition) is 5. The molecule has 1 fully saturated rings. The Morgan fingerprint density at radius 1 is 1.03 bits per heavy atom. The smallest absolute Gasteiger partial charge is 0.287 e. The van der Waals surface area contributed by atoms with Gasteiger partial charge in [0.05, 0.1) is 6.54 Å². The van der Waals surface area contributed by atoms with Gasteiger partial charge in [0, 0.05) is 37.4 Å². The average Bonchev–Trinajstić information content (AvgIpc) is 3.16. The monoisotopic (exact) mass is 398 g/mol. The van der Waals surface area contributed by atoms with E-state index in [0.29, 0.717) is 22.8 Å². The molecule has 1 aliphatic heterocycles. The Labute approximate surface area is 169 Å². The SMILES string of the molecule is CNC(=O)c1ccc(NC(=O)CN2CCC(NC(=O)c3ccc(C)o3)CC2)cc1. The summed E-state index contributed by atoms with van der Waals surface area (Å²) in [4.78, 5) is 38.1. The van der Waals surface area contributed by atoms with Crippen LogP contribution >= 0.6 is 0 Å². The Bertz CT molecular complexity index is 867. The Hall–Kier alpha value is -3.13. The fourth-order valence-corrected chi connectivity index (χ4v) is 3.30. The van der Waals surface area contributed by atoms with Gasteiger partial charge in [-0.1, -0.05) is 0 Å². The topological polar surface area (TPSA) is 104 Å². The number of piperidine rings is 1. The standard InChI is InChI=1S/C21H26N4O4/c1-14-3-8-18(29-14)21(28)24-17-9-11-25(12-10-17)13-19(26)23-16-6-4-15(5-7-16)20(27)22-2/h3-8,17H,9-13H2,1-2H3,(H,22,27)(H,23,26)(H,24,28). The number of likely N-dealkylation sites (tertiary alicyclic amines) is 1.